The lowest BCUT2D eigenvalue weighted by molar-refractivity contribution is 0.0940. The predicted octanol–water partition coefficient (Wildman–Crippen LogP) is 1.86. The number of pyridine rings is 1. The zero-order valence-corrected chi connectivity index (χ0v) is 11.7. The first kappa shape index (κ1) is 14.1. The van der Waals surface area contributed by atoms with Crippen LogP contribution in [-0.4, -0.2) is 34.4 Å². The number of carbonyl (C=O) groups excluding carboxylic acids is 1. The topological polar surface area (TPSA) is 62.2 Å². The van der Waals surface area contributed by atoms with Crippen LogP contribution >= 0.6 is 11.8 Å². The van der Waals surface area contributed by atoms with Crippen molar-refractivity contribution in [2.45, 2.75) is 24.4 Å². The second-order valence-corrected chi connectivity index (χ2v) is 5.74. The van der Waals surface area contributed by atoms with Gasteiger partial charge in [0.25, 0.3) is 5.91 Å². The summed E-state index contributed by atoms with van der Waals surface area (Å²) in [6.45, 7) is 2.19. The number of aliphatic hydroxyl groups is 1. The van der Waals surface area contributed by atoms with Gasteiger partial charge >= 0.3 is 0 Å². The minimum Gasteiger partial charge on any atom is -0.396 e. The van der Waals surface area contributed by atoms with Gasteiger partial charge in [-0.1, -0.05) is 19.1 Å². The number of hydrogen-bond donors (Lipinski definition) is 2. The van der Waals surface area contributed by atoms with Gasteiger partial charge in [0.15, 0.2) is 0 Å². The van der Waals surface area contributed by atoms with Crippen LogP contribution in [0.15, 0.2) is 35.5 Å². The number of nitrogens with zero attached hydrogens (tertiary/aromatic N) is 1. The average Bonchev–Trinajstić information content (AvgIpc) is 2.87. The third-order valence-electron chi connectivity index (χ3n) is 3.01. The van der Waals surface area contributed by atoms with Gasteiger partial charge in [0.1, 0.15) is 0 Å². The fraction of sp³-hybridized carbons (Fsp3) is 0.429. The molecule has 5 heteroatoms. The molecule has 1 aromatic rings. The lowest BCUT2D eigenvalue weighted by Gasteiger charge is -2.13. The number of aliphatic hydroxyl groups excluding tert-OH is 1. The Kier molecular flexibility index (Phi) is 4.99. The average molecular weight is 278 g/mol. The number of rotatable bonds is 5. The van der Waals surface area contributed by atoms with Crippen LogP contribution in [0.3, 0.4) is 0 Å². The molecule has 4 nitrogen and oxygen atoms in total. The Balaban J connectivity index is 1.96. The highest BCUT2D eigenvalue weighted by molar-refractivity contribution is 7.99. The largest absolute Gasteiger partial charge is 0.396 e. The quantitative estimate of drug-likeness (QED) is 0.637. The van der Waals surface area contributed by atoms with Crippen LogP contribution in [-0.2, 0) is 0 Å². The molecule has 0 aromatic carbocycles. The molecule has 2 N–H and O–H groups in total. The summed E-state index contributed by atoms with van der Waals surface area (Å²) in [5.74, 6) is 1.00. The zero-order valence-electron chi connectivity index (χ0n) is 10.9. The molecule has 2 rings (SSSR count). The maximum absolute atomic E-state index is 12.1. The summed E-state index contributed by atoms with van der Waals surface area (Å²) in [6, 6.07) is 3.54. The Labute approximate surface area is 117 Å². The van der Waals surface area contributed by atoms with Gasteiger partial charge in [-0.25, -0.2) is 4.98 Å². The maximum atomic E-state index is 12.1. The summed E-state index contributed by atoms with van der Waals surface area (Å²) in [7, 11) is 0. The van der Waals surface area contributed by atoms with Gasteiger partial charge in [0.05, 0.1) is 5.03 Å². The van der Waals surface area contributed by atoms with Gasteiger partial charge in [0, 0.05) is 30.3 Å². The number of carbonyl (C=O) groups is 1. The standard InChI is InChI=1S/C14H18N2O2S/c1-2-19-13-8-11(5-6-15-13)14(18)16-12-4-3-10(7-12)9-17/h3-6,8,10,12,17H,2,7,9H2,1H3,(H,16,18)/t10-,12+/m0/s1. The van der Waals surface area contributed by atoms with E-state index in [1.807, 2.05) is 18.2 Å². The normalized spacial score (nSPS) is 21.6. The second kappa shape index (κ2) is 6.73. The Morgan fingerprint density at radius 1 is 1.58 bits per heavy atom. The molecular formula is C14H18N2O2S. The fourth-order valence-electron chi connectivity index (χ4n) is 2.05. The summed E-state index contributed by atoms with van der Waals surface area (Å²) >= 11 is 1.62. The molecule has 0 aliphatic heterocycles. The van der Waals surface area contributed by atoms with Crippen LogP contribution in [0.4, 0.5) is 0 Å². The molecule has 1 aliphatic carbocycles. The monoisotopic (exact) mass is 278 g/mol. The van der Waals surface area contributed by atoms with Crippen LogP contribution in [0.1, 0.15) is 23.7 Å². The van der Waals surface area contributed by atoms with Crippen molar-refractivity contribution in [2.24, 2.45) is 5.92 Å². The Bertz CT molecular complexity index is 476. The summed E-state index contributed by atoms with van der Waals surface area (Å²) in [5, 5.41) is 12.9. The molecule has 0 saturated carbocycles. The number of nitrogens with one attached hydrogen (secondary N) is 1. The SMILES string of the molecule is CCSc1cc(C(=O)N[C@@H]2C=C[C@H](CO)C2)ccn1. The maximum Gasteiger partial charge on any atom is 0.251 e. The number of aromatic nitrogens is 1. The smallest absolute Gasteiger partial charge is 0.251 e. The third-order valence-corrected chi connectivity index (χ3v) is 3.82. The van der Waals surface area contributed by atoms with E-state index in [1.165, 1.54) is 0 Å². The molecule has 2 atom stereocenters. The first-order valence-corrected chi connectivity index (χ1v) is 7.40. The second-order valence-electron chi connectivity index (χ2n) is 4.46. The van der Waals surface area contributed by atoms with E-state index in [4.69, 9.17) is 5.11 Å². The lowest BCUT2D eigenvalue weighted by atomic mass is 10.1. The van der Waals surface area contributed by atoms with Gasteiger partial charge in [0.2, 0.25) is 0 Å². The fourth-order valence-corrected chi connectivity index (χ4v) is 2.69. The van der Waals surface area contributed by atoms with E-state index in [1.54, 1.807) is 24.0 Å². The highest BCUT2D eigenvalue weighted by Crippen LogP contribution is 2.18. The highest BCUT2D eigenvalue weighted by atomic mass is 32.2. The van der Waals surface area contributed by atoms with Crippen molar-refractivity contribution in [3.63, 3.8) is 0 Å². The first-order chi connectivity index (χ1) is 9.22. The van der Waals surface area contributed by atoms with E-state index in [0.29, 0.717) is 5.56 Å². The Morgan fingerprint density at radius 3 is 3.11 bits per heavy atom. The predicted molar refractivity (Wildman–Crippen MR) is 76.2 cm³/mol. The van der Waals surface area contributed by atoms with Crippen molar-refractivity contribution in [3.8, 4) is 0 Å². The minimum absolute atomic E-state index is 0.0140. The molecule has 19 heavy (non-hydrogen) atoms. The summed E-state index contributed by atoms with van der Waals surface area (Å²) in [4.78, 5) is 16.3. The van der Waals surface area contributed by atoms with E-state index in [0.717, 1.165) is 17.2 Å². The Morgan fingerprint density at radius 2 is 2.42 bits per heavy atom. The van der Waals surface area contributed by atoms with Crippen LogP contribution in [0.25, 0.3) is 0 Å². The molecule has 0 radical (unpaired) electrons. The van der Waals surface area contributed by atoms with Crippen molar-refractivity contribution in [3.05, 3.63) is 36.0 Å². The zero-order chi connectivity index (χ0) is 13.7. The molecule has 0 bridgehead atoms. The van der Waals surface area contributed by atoms with Crippen molar-refractivity contribution < 1.29 is 9.90 Å². The Hall–Kier alpha value is -1.33. The third kappa shape index (κ3) is 3.81. The molecule has 0 spiro atoms. The number of thioether (sulfide) groups is 1. The number of amides is 1. The molecule has 1 aromatic heterocycles. The molecule has 0 fully saturated rings. The first-order valence-electron chi connectivity index (χ1n) is 6.41. The van der Waals surface area contributed by atoms with E-state index >= 15 is 0 Å². The highest BCUT2D eigenvalue weighted by Gasteiger charge is 2.20. The summed E-state index contributed by atoms with van der Waals surface area (Å²) < 4.78 is 0. The molecule has 0 unspecified atom stereocenters. The van der Waals surface area contributed by atoms with Crippen molar-refractivity contribution in [2.75, 3.05) is 12.4 Å². The summed E-state index contributed by atoms with van der Waals surface area (Å²) in [6.07, 6.45) is 6.33. The minimum atomic E-state index is -0.0893. The number of hydrogen-bond acceptors (Lipinski definition) is 4. The van der Waals surface area contributed by atoms with Crippen LogP contribution in [0.5, 0.6) is 0 Å². The van der Waals surface area contributed by atoms with Gasteiger partial charge in [-0.2, -0.15) is 0 Å². The van der Waals surface area contributed by atoms with Gasteiger partial charge in [-0.15, -0.1) is 11.8 Å². The molecule has 1 heterocycles. The lowest BCUT2D eigenvalue weighted by Crippen LogP contribution is -2.32. The van der Waals surface area contributed by atoms with E-state index in [2.05, 4.69) is 17.2 Å². The van der Waals surface area contributed by atoms with Gasteiger partial charge in [-0.05, 0) is 24.3 Å². The van der Waals surface area contributed by atoms with Gasteiger partial charge in [-0.3, -0.25) is 4.79 Å². The van der Waals surface area contributed by atoms with Gasteiger partial charge < -0.3 is 10.4 Å². The molecule has 1 aliphatic rings. The van der Waals surface area contributed by atoms with Crippen LogP contribution in [0, 0.1) is 5.92 Å². The molecule has 1 amide bonds. The van der Waals surface area contributed by atoms with E-state index in [-0.39, 0.29) is 24.5 Å². The molecule has 0 saturated heterocycles. The van der Waals surface area contributed by atoms with Crippen molar-refractivity contribution in [1.82, 2.24) is 10.3 Å². The van der Waals surface area contributed by atoms with Crippen molar-refractivity contribution >= 4 is 17.7 Å². The van der Waals surface area contributed by atoms with E-state index < -0.39 is 0 Å². The summed E-state index contributed by atoms with van der Waals surface area (Å²) in [5.41, 5.74) is 0.631. The van der Waals surface area contributed by atoms with Crippen LogP contribution in [0.2, 0.25) is 0 Å². The molecule has 102 valence electrons. The molecular weight excluding hydrogens is 260 g/mol. The van der Waals surface area contributed by atoms with Crippen LogP contribution < -0.4 is 5.32 Å². The van der Waals surface area contributed by atoms with Crippen molar-refractivity contribution in [1.29, 1.82) is 0 Å². The van der Waals surface area contributed by atoms with E-state index in [9.17, 15) is 4.79 Å².